The summed E-state index contributed by atoms with van der Waals surface area (Å²) < 4.78 is 0. The highest BCUT2D eigenvalue weighted by Crippen LogP contribution is 2.11. The van der Waals surface area contributed by atoms with Crippen molar-refractivity contribution in [2.45, 2.75) is 84.2 Å². The number of aliphatic hydroxyl groups excluding tert-OH is 1. The molecule has 0 radical (unpaired) electrons. The highest BCUT2D eigenvalue weighted by Gasteiger charge is 2.02. The summed E-state index contributed by atoms with van der Waals surface area (Å²) in [7, 11) is 0. The standard InChI is InChI=1S/C13H28O/c1-3-5-7-8-9-10-12-13(14)11-6-4-2/h13-14H,3-12H2,1-2H3/t13-/m0/s1. The van der Waals surface area contributed by atoms with Gasteiger partial charge in [0.15, 0.2) is 0 Å². The SMILES string of the molecule is CCCCCCCC[C@@H](O)CCCC. The Hall–Kier alpha value is -0.0400. The van der Waals surface area contributed by atoms with E-state index in [1.807, 2.05) is 0 Å². The molecule has 0 saturated heterocycles. The topological polar surface area (TPSA) is 20.2 Å². The summed E-state index contributed by atoms with van der Waals surface area (Å²) in [6, 6.07) is 0. The zero-order valence-corrected chi connectivity index (χ0v) is 10.1. The Morgan fingerprint density at radius 2 is 1.21 bits per heavy atom. The highest BCUT2D eigenvalue weighted by molar-refractivity contribution is 4.56. The van der Waals surface area contributed by atoms with Gasteiger partial charge in [0.2, 0.25) is 0 Å². The molecule has 1 heteroatoms. The van der Waals surface area contributed by atoms with Crippen LogP contribution in [0.25, 0.3) is 0 Å². The fourth-order valence-corrected chi connectivity index (χ4v) is 1.74. The van der Waals surface area contributed by atoms with Gasteiger partial charge in [0, 0.05) is 0 Å². The van der Waals surface area contributed by atoms with Crippen molar-refractivity contribution in [3.05, 3.63) is 0 Å². The number of hydrogen-bond acceptors (Lipinski definition) is 1. The molecule has 1 N–H and O–H groups in total. The van der Waals surface area contributed by atoms with Gasteiger partial charge in [-0.15, -0.1) is 0 Å². The van der Waals surface area contributed by atoms with Crippen LogP contribution in [0.2, 0.25) is 0 Å². The van der Waals surface area contributed by atoms with Crippen LogP contribution in [-0.2, 0) is 0 Å². The van der Waals surface area contributed by atoms with Crippen LogP contribution < -0.4 is 0 Å². The van der Waals surface area contributed by atoms with Crippen molar-refractivity contribution in [1.29, 1.82) is 0 Å². The van der Waals surface area contributed by atoms with Crippen LogP contribution in [0.3, 0.4) is 0 Å². The second kappa shape index (κ2) is 11.0. The monoisotopic (exact) mass is 200 g/mol. The average Bonchev–Trinajstić information content (AvgIpc) is 2.20. The molecule has 0 aliphatic rings. The molecular weight excluding hydrogens is 172 g/mol. The Labute approximate surface area is 89.9 Å². The molecule has 0 aromatic carbocycles. The Morgan fingerprint density at radius 1 is 0.714 bits per heavy atom. The zero-order chi connectivity index (χ0) is 10.6. The molecule has 0 aromatic rings. The van der Waals surface area contributed by atoms with Crippen LogP contribution in [0.1, 0.15) is 78.1 Å². The summed E-state index contributed by atoms with van der Waals surface area (Å²) in [4.78, 5) is 0. The second-order valence-corrected chi connectivity index (χ2v) is 4.35. The predicted octanol–water partition coefficient (Wildman–Crippen LogP) is 4.29. The molecule has 0 aliphatic heterocycles. The van der Waals surface area contributed by atoms with Crippen molar-refractivity contribution in [1.82, 2.24) is 0 Å². The first-order valence-corrected chi connectivity index (χ1v) is 6.49. The summed E-state index contributed by atoms with van der Waals surface area (Å²) in [5.74, 6) is 0. The molecule has 0 rings (SSSR count). The maximum absolute atomic E-state index is 9.58. The number of unbranched alkanes of at least 4 members (excludes halogenated alkanes) is 6. The Kier molecular flexibility index (Phi) is 11.0. The van der Waals surface area contributed by atoms with Crippen LogP contribution >= 0.6 is 0 Å². The molecular formula is C13H28O. The Balaban J connectivity index is 3.02. The quantitative estimate of drug-likeness (QED) is 0.522. The van der Waals surface area contributed by atoms with Crippen LogP contribution in [0.15, 0.2) is 0 Å². The Morgan fingerprint density at radius 3 is 1.86 bits per heavy atom. The van der Waals surface area contributed by atoms with Gasteiger partial charge in [-0.25, -0.2) is 0 Å². The fourth-order valence-electron chi connectivity index (χ4n) is 1.74. The van der Waals surface area contributed by atoms with Crippen molar-refractivity contribution in [3.63, 3.8) is 0 Å². The molecule has 1 nitrogen and oxygen atoms in total. The van der Waals surface area contributed by atoms with E-state index in [0.29, 0.717) is 0 Å². The number of hydrogen-bond donors (Lipinski definition) is 1. The lowest BCUT2D eigenvalue weighted by Crippen LogP contribution is -2.05. The van der Waals surface area contributed by atoms with E-state index < -0.39 is 0 Å². The van der Waals surface area contributed by atoms with Gasteiger partial charge in [-0.1, -0.05) is 65.2 Å². The van der Waals surface area contributed by atoms with E-state index in [1.165, 1.54) is 51.4 Å². The number of aliphatic hydroxyl groups is 1. The van der Waals surface area contributed by atoms with Gasteiger partial charge >= 0.3 is 0 Å². The smallest absolute Gasteiger partial charge is 0.0540 e. The van der Waals surface area contributed by atoms with Gasteiger partial charge in [0.1, 0.15) is 0 Å². The molecule has 0 aromatic heterocycles. The first-order valence-electron chi connectivity index (χ1n) is 6.49. The minimum absolute atomic E-state index is 0.0267. The molecule has 0 unspecified atom stereocenters. The lowest BCUT2D eigenvalue weighted by atomic mass is 10.0. The first kappa shape index (κ1) is 14.0. The molecule has 0 aliphatic carbocycles. The van der Waals surface area contributed by atoms with E-state index in [9.17, 15) is 5.11 Å². The maximum atomic E-state index is 9.58. The predicted molar refractivity (Wildman–Crippen MR) is 63.5 cm³/mol. The van der Waals surface area contributed by atoms with E-state index in [4.69, 9.17) is 0 Å². The summed E-state index contributed by atoms with van der Waals surface area (Å²) in [5.41, 5.74) is 0. The fraction of sp³-hybridized carbons (Fsp3) is 1.00. The van der Waals surface area contributed by atoms with E-state index in [0.717, 1.165) is 12.8 Å². The van der Waals surface area contributed by atoms with E-state index in [1.54, 1.807) is 0 Å². The molecule has 0 spiro atoms. The van der Waals surface area contributed by atoms with Crippen molar-refractivity contribution < 1.29 is 5.11 Å². The van der Waals surface area contributed by atoms with Crippen molar-refractivity contribution in [3.8, 4) is 0 Å². The maximum Gasteiger partial charge on any atom is 0.0540 e. The lowest BCUT2D eigenvalue weighted by Gasteiger charge is -2.09. The molecule has 14 heavy (non-hydrogen) atoms. The third-order valence-corrected chi connectivity index (χ3v) is 2.78. The van der Waals surface area contributed by atoms with E-state index in [-0.39, 0.29) is 6.10 Å². The van der Waals surface area contributed by atoms with Gasteiger partial charge in [0.25, 0.3) is 0 Å². The minimum atomic E-state index is -0.0267. The van der Waals surface area contributed by atoms with Gasteiger partial charge in [0.05, 0.1) is 6.10 Å². The van der Waals surface area contributed by atoms with Crippen LogP contribution in [-0.4, -0.2) is 11.2 Å². The largest absolute Gasteiger partial charge is 0.393 e. The molecule has 1 atom stereocenters. The molecule has 0 heterocycles. The van der Waals surface area contributed by atoms with E-state index in [2.05, 4.69) is 13.8 Å². The summed E-state index contributed by atoms with van der Waals surface area (Å²) in [6.07, 6.45) is 12.3. The van der Waals surface area contributed by atoms with Crippen molar-refractivity contribution >= 4 is 0 Å². The first-order chi connectivity index (χ1) is 6.81. The van der Waals surface area contributed by atoms with Crippen LogP contribution in [0.4, 0.5) is 0 Å². The molecule has 0 saturated carbocycles. The lowest BCUT2D eigenvalue weighted by molar-refractivity contribution is 0.148. The third kappa shape index (κ3) is 10.0. The van der Waals surface area contributed by atoms with Gasteiger partial charge in [-0.05, 0) is 12.8 Å². The van der Waals surface area contributed by atoms with Crippen molar-refractivity contribution in [2.75, 3.05) is 0 Å². The number of rotatable bonds is 10. The second-order valence-electron chi connectivity index (χ2n) is 4.35. The summed E-state index contributed by atoms with van der Waals surface area (Å²) in [5, 5.41) is 9.58. The molecule has 0 fully saturated rings. The minimum Gasteiger partial charge on any atom is -0.393 e. The van der Waals surface area contributed by atoms with Gasteiger partial charge < -0.3 is 5.11 Å². The Bertz CT molecular complexity index is 101. The van der Waals surface area contributed by atoms with Gasteiger partial charge in [-0.3, -0.25) is 0 Å². The third-order valence-electron chi connectivity index (χ3n) is 2.78. The van der Waals surface area contributed by atoms with Gasteiger partial charge in [-0.2, -0.15) is 0 Å². The highest BCUT2D eigenvalue weighted by atomic mass is 16.3. The van der Waals surface area contributed by atoms with Crippen LogP contribution in [0.5, 0.6) is 0 Å². The average molecular weight is 200 g/mol. The normalized spacial score (nSPS) is 13.1. The summed E-state index contributed by atoms with van der Waals surface area (Å²) in [6.45, 7) is 4.42. The zero-order valence-electron chi connectivity index (χ0n) is 10.1. The molecule has 86 valence electrons. The van der Waals surface area contributed by atoms with Crippen molar-refractivity contribution in [2.24, 2.45) is 0 Å². The van der Waals surface area contributed by atoms with E-state index >= 15 is 0 Å². The van der Waals surface area contributed by atoms with Crippen LogP contribution in [0, 0.1) is 0 Å². The molecule has 0 amide bonds. The molecule has 0 bridgehead atoms. The summed E-state index contributed by atoms with van der Waals surface area (Å²) >= 11 is 0.